The molecule has 3 aliphatic carbocycles. The maximum atomic E-state index is 13.9. The molecule has 3 N–H and O–H groups in total. The van der Waals surface area contributed by atoms with E-state index in [0.717, 1.165) is 38.5 Å². The second kappa shape index (κ2) is 23.1. The Kier molecular flexibility index (Phi) is 16.8. The average Bonchev–Trinajstić information content (AvgIpc) is 4.20. The molecule has 0 aromatic rings. The minimum Gasteiger partial charge on any atom is -0.481 e. The summed E-state index contributed by atoms with van der Waals surface area (Å²) in [5, 5.41) is 71.3. The van der Waals surface area contributed by atoms with Crippen LogP contribution in [0.15, 0.2) is 67.5 Å². The van der Waals surface area contributed by atoms with Gasteiger partial charge in [0.05, 0.1) is 54.6 Å². The third-order valence-electron chi connectivity index (χ3n) is 13.4. The van der Waals surface area contributed by atoms with E-state index in [-0.39, 0.29) is 72.1 Å². The highest BCUT2D eigenvalue weighted by Crippen LogP contribution is 2.42. The van der Waals surface area contributed by atoms with Gasteiger partial charge in [0, 0.05) is 69.2 Å². The summed E-state index contributed by atoms with van der Waals surface area (Å²) in [6.07, 6.45) is 3.64. The van der Waals surface area contributed by atoms with E-state index < -0.39 is 96.2 Å². The van der Waals surface area contributed by atoms with Gasteiger partial charge in [0.25, 0.3) is 5.70 Å². The number of carbonyl (C=O) groups is 6. The van der Waals surface area contributed by atoms with Gasteiger partial charge in [0.1, 0.15) is 48.6 Å². The summed E-state index contributed by atoms with van der Waals surface area (Å²) < 4.78 is 16.6. The lowest BCUT2D eigenvalue weighted by Crippen LogP contribution is -2.31. The standard InChI is InChI=1S/C49H49N9O12/c1-54-42-34(17-31(46(63)64)20-41(42)58-13-7-8-14-58)43(55-2)49(67)70-27-28(25-68-47(65)37(23-52)32-15-29(44(59)60)18-39(35(32)21-50)56-9-3-4-10-56)26-69-48(66)38(24-53)33-16-30(45(61)62)19-40(36(33)22-51)57-11-5-6-12-57/h28-31H,3-20,25-27H2,(H,59,60)(H,61,62)(H,63,64)/b37-32+,38-33+,43-34-. The van der Waals surface area contributed by atoms with Crippen LogP contribution in [0.25, 0.3) is 9.69 Å². The van der Waals surface area contributed by atoms with Crippen LogP contribution in [0, 0.1) is 82.1 Å². The third kappa shape index (κ3) is 11.1. The van der Waals surface area contributed by atoms with E-state index in [4.69, 9.17) is 27.4 Å². The molecule has 6 rings (SSSR count). The number of ether oxygens (including phenoxy) is 3. The fourth-order valence-electron chi connectivity index (χ4n) is 9.82. The van der Waals surface area contributed by atoms with Gasteiger partial charge in [-0.15, -0.1) is 0 Å². The molecule has 70 heavy (non-hydrogen) atoms. The molecule has 0 spiro atoms. The van der Waals surface area contributed by atoms with Crippen LogP contribution in [0.3, 0.4) is 0 Å². The highest BCUT2D eigenvalue weighted by molar-refractivity contribution is 5.96. The molecule has 0 aromatic carbocycles. The van der Waals surface area contributed by atoms with E-state index in [9.17, 15) is 65.1 Å². The summed E-state index contributed by atoms with van der Waals surface area (Å²) >= 11 is 0. The van der Waals surface area contributed by atoms with Crippen molar-refractivity contribution in [2.45, 2.75) is 77.0 Å². The number of esters is 3. The van der Waals surface area contributed by atoms with E-state index >= 15 is 0 Å². The van der Waals surface area contributed by atoms with E-state index in [1.807, 2.05) is 26.8 Å². The van der Waals surface area contributed by atoms with Crippen molar-refractivity contribution in [2.24, 2.45) is 23.7 Å². The maximum Gasteiger partial charge on any atom is 0.349 e. The van der Waals surface area contributed by atoms with Gasteiger partial charge in [-0.3, -0.25) is 19.2 Å². The highest BCUT2D eigenvalue weighted by atomic mass is 16.6. The first-order chi connectivity index (χ1) is 33.7. The van der Waals surface area contributed by atoms with Crippen LogP contribution in [0.5, 0.6) is 0 Å². The molecule has 0 amide bonds. The normalized spacial score (nSPS) is 23.9. The molecule has 3 heterocycles. The number of allylic oxidation sites excluding steroid dienone is 8. The minimum atomic E-state index is -1.34. The summed E-state index contributed by atoms with van der Waals surface area (Å²) in [6, 6.07) is 7.56. The van der Waals surface area contributed by atoms with Gasteiger partial charge in [0.2, 0.25) is 0 Å². The van der Waals surface area contributed by atoms with Gasteiger partial charge in [-0.05, 0) is 80.9 Å². The van der Waals surface area contributed by atoms with Gasteiger partial charge in [-0.2, -0.15) is 21.0 Å². The van der Waals surface area contributed by atoms with Crippen LogP contribution in [0.2, 0.25) is 0 Å². The van der Waals surface area contributed by atoms with Crippen molar-refractivity contribution in [3.63, 3.8) is 0 Å². The number of rotatable bonds is 15. The largest absolute Gasteiger partial charge is 0.481 e. The van der Waals surface area contributed by atoms with Gasteiger partial charge in [-0.25, -0.2) is 19.3 Å². The van der Waals surface area contributed by atoms with Crippen molar-refractivity contribution < 1.29 is 58.3 Å². The number of carbonyl (C=O) groups excluding carboxylic acids is 3. The van der Waals surface area contributed by atoms with Crippen molar-refractivity contribution in [3.8, 4) is 24.3 Å². The zero-order chi connectivity index (χ0) is 50.6. The number of hydrogen-bond donors (Lipinski definition) is 3. The van der Waals surface area contributed by atoms with Crippen LogP contribution in [0.1, 0.15) is 77.0 Å². The number of nitriles is 4. The molecule has 0 radical (unpaired) electrons. The Morgan fingerprint density at radius 2 is 0.886 bits per heavy atom. The molecule has 3 fully saturated rings. The van der Waals surface area contributed by atoms with E-state index in [2.05, 4.69) is 9.69 Å². The molecule has 3 atom stereocenters. The van der Waals surface area contributed by atoms with Crippen molar-refractivity contribution in [3.05, 3.63) is 90.3 Å². The zero-order valence-corrected chi connectivity index (χ0v) is 38.2. The molecular formula is C49H49N9O12. The predicted molar refractivity (Wildman–Crippen MR) is 238 cm³/mol. The first-order valence-corrected chi connectivity index (χ1v) is 22.9. The Labute approximate surface area is 403 Å². The van der Waals surface area contributed by atoms with Crippen LogP contribution in [-0.2, 0) is 43.0 Å². The molecule has 3 aliphatic heterocycles. The monoisotopic (exact) mass is 955 g/mol. The lowest BCUT2D eigenvalue weighted by Gasteiger charge is -2.31. The lowest BCUT2D eigenvalue weighted by atomic mass is 9.81. The molecule has 0 aromatic heterocycles. The van der Waals surface area contributed by atoms with Gasteiger partial charge >= 0.3 is 35.8 Å². The highest BCUT2D eigenvalue weighted by Gasteiger charge is 2.40. The number of carboxylic acids is 3. The molecule has 0 bridgehead atoms. The van der Waals surface area contributed by atoms with Crippen LogP contribution >= 0.6 is 0 Å². The second-order valence-electron chi connectivity index (χ2n) is 17.7. The molecule has 21 nitrogen and oxygen atoms in total. The quantitative estimate of drug-likeness (QED) is 0.0669. The number of likely N-dealkylation sites (tertiary alicyclic amines) is 3. The van der Waals surface area contributed by atoms with Crippen molar-refractivity contribution in [1.82, 2.24) is 14.7 Å². The van der Waals surface area contributed by atoms with Gasteiger partial charge < -0.3 is 44.2 Å². The van der Waals surface area contributed by atoms with E-state index in [1.165, 1.54) is 0 Å². The van der Waals surface area contributed by atoms with E-state index in [1.54, 1.807) is 12.1 Å². The Bertz CT molecular complexity index is 2400. The number of nitrogens with zero attached hydrogens (tertiary/aromatic N) is 9. The summed E-state index contributed by atoms with van der Waals surface area (Å²) in [5.74, 6) is -12.1. The summed E-state index contributed by atoms with van der Waals surface area (Å²) in [5.41, 5.74) is -1.42. The molecule has 3 unspecified atom stereocenters. The average molecular weight is 956 g/mol. The van der Waals surface area contributed by atoms with Crippen LogP contribution in [-0.4, -0.2) is 125 Å². The number of carboxylic acid groups (broad SMARTS) is 3. The topological polar surface area (TPSA) is 304 Å². The first-order valence-electron chi connectivity index (χ1n) is 22.9. The molecule has 3 saturated heterocycles. The Balaban J connectivity index is 1.33. The van der Waals surface area contributed by atoms with Crippen LogP contribution in [0.4, 0.5) is 0 Å². The van der Waals surface area contributed by atoms with Crippen molar-refractivity contribution in [1.29, 1.82) is 21.0 Å². The summed E-state index contributed by atoms with van der Waals surface area (Å²) in [6.45, 7) is 16.8. The van der Waals surface area contributed by atoms with Crippen LogP contribution < -0.4 is 0 Å². The predicted octanol–water partition coefficient (Wildman–Crippen LogP) is 4.50. The number of aliphatic carboxylic acids is 3. The minimum absolute atomic E-state index is 0.00173. The fourth-order valence-corrected chi connectivity index (χ4v) is 9.82. The smallest absolute Gasteiger partial charge is 0.349 e. The molecule has 21 heteroatoms. The second-order valence-corrected chi connectivity index (χ2v) is 17.7. The van der Waals surface area contributed by atoms with Gasteiger partial charge in [0.15, 0.2) is 5.70 Å². The fraction of sp³-hybridized carbons (Fsp3) is 0.510. The zero-order valence-electron chi connectivity index (χ0n) is 38.2. The van der Waals surface area contributed by atoms with Crippen molar-refractivity contribution >= 4 is 35.8 Å². The van der Waals surface area contributed by atoms with Crippen molar-refractivity contribution in [2.75, 3.05) is 59.1 Å². The Morgan fingerprint density at radius 1 is 0.543 bits per heavy atom. The van der Waals surface area contributed by atoms with E-state index in [0.29, 0.717) is 56.4 Å². The number of hydrogen-bond acceptors (Lipinski definition) is 16. The summed E-state index contributed by atoms with van der Waals surface area (Å²) in [7, 11) is 0. The first kappa shape index (κ1) is 51.0. The molecule has 362 valence electrons. The molecule has 0 saturated carbocycles. The molecule has 6 aliphatic rings. The molecular weight excluding hydrogens is 907 g/mol. The Morgan fingerprint density at radius 3 is 1.21 bits per heavy atom. The third-order valence-corrected chi connectivity index (χ3v) is 13.4. The SMILES string of the molecule is [C-]#[N+]C1=C(N2CCCC2)CC(C(=O)O)C/C1=C(/[N+]#[C-])C(=O)OCC(COC(=O)/C(C#N)=C1\CC(C(=O)O)CC(N2CCCC2)=C1C#N)COC(=O)/C(C#N)=C1\CC(C(=O)O)CC(N2CCCC2)=C1C#N. The maximum absolute atomic E-state index is 13.9. The Hall–Kier alpha value is -8.40. The van der Waals surface area contributed by atoms with Gasteiger partial charge in [-0.1, -0.05) is 0 Å². The lowest BCUT2D eigenvalue weighted by molar-refractivity contribution is -0.149. The summed E-state index contributed by atoms with van der Waals surface area (Å²) in [4.78, 5) is 91.0.